The number of halogens is 1. The van der Waals surface area contributed by atoms with Crippen LogP contribution < -0.4 is 4.72 Å². The Morgan fingerprint density at radius 1 is 1.27 bits per heavy atom. The van der Waals surface area contributed by atoms with E-state index in [9.17, 15) is 17.6 Å². The van der Waals surface area contributed by atoms with Crippen LogP contribution in [-0.2, 0) is 14.8 Å². The van der Waals surface area contributed by atoms with Gasteiger partial charge in [0, 0.05) is 36.4 Å². The second kappa shape index (κ2) is 8.00. The molecule has 156 valence electrons. The minimum atomic E-state index is -4.14. The number of aromatic amines is 1. The van der Waals surface area contributed by atoms with Crippen LogP contribution in [0.1, 0.15) is 18.9 Å². The fraction of sp³-hybridized carbons (Fsp3) is 0.238. The van der Waals surface area contributed by atoms with Gasteiger partial charge in [-0.25, -0.2) is 17.8 Å². The van der Waals surface area contributed by atoms with Crippen LogP contribution >= 0.6 is 0 Å². The standard InChI is InChI=1S/C21H21FN4O3S/c1-14(25-30(28,29)19-7-3-2-6-18(19)22)21(27)26-11-8-15(9-12-26)17-13-24-20-16(17)5-4-10-23-20/h2-8,10,13-14,25H,9,11-12H2,1H3,(H,23,24)/t14-/m0/s1. The van der Waals surface area contributed by atoms with Crippen molar-refractivity contribution in [2.75, 3.05) is 13.1 Å². The number of hydrogen-bond donors (Lipinski definition) is 2. The highest BCUT2D eigenvalue weighted by Gasteiger charge is 2.28. The minimum absolute atomic E-state index is 0.356. The van der Waals surface area contributed by atoms with E-state index >= 15 is 0 Å². The maximum atomic E-state index is 13.9. The van der Waals surface area contributed by atoms with Gasteiger partial charge in [-0.3, -0.25) is 4.79 Å². The van der Waals surface area contributed by atoms with Gasteiger partial charge in [0.1, 0.15) is 16.4 Å². The highest BCUT2D eigenvalue weighted by molar-refractivity contribution is 7.89. The first kappa shape index (κ1) is 20.2. The van der Waals surface area contributed by atoms with Gasteiger partial charge < -0.3 is 9.88 Å². The molecule has 0 radical (unpaired) electrons. The number of aromatic nitrogens is 2. The van der Waals surface area contributed by atoms with Crippen LogP contribution in [0, 0.1) is 5.82 Å². The molecule has 2 aromatic heterocycles. The molecule has 0 fully saturated rings. The number of nitrogens with zero attached hydrogens (tertiary/aromatic N) is 2. The van der Waals surface area contributed by atoms with Crippen molar-refractivity contribution in [1.29, 1.82) is 0 Å². The van der Waals surface area contributed by atoms with Crippen LogP contribution in [0.5, 0.6) is 0 Å². The summed E-state index contributed by atoms with van der Waals surface area (Å²) in [6, 6.07) is 7.93. The molecule has 1 atom stereocenters. The number of benzene rings is 1. The molecule has 30 heavy (non-hydrogen) atoms. The Balaban J connectivity index is 1.45. The molecule has 3 heterocycles. The van der Waals surface area contributed by atoms with Crippen LogP contribution in [0.15, 0.2) is 59.8 Å². The third-order valence-electron chi connectivity index (χ3n) is 5.15. The predicted molar refractivity (Wildman–Crippen MR) is 111 cm³/mol. The van der Waals surface area contributed by atoms with E-state index in [1.807, 2.05) is 24.4 Å². The van der Waals surface area contributed by atoms with Crippen molar-refractivity contribution in [3.05, 3.63) is 66.2 Å². The predicted octanol–water partition coefficient (Wildman–Crippen LogP) is 2.68. The number of amides is 1. The van der Waals surface area contributed by atoms with Gasteiger partial charge in [-0.2, -0.15) is 4.72 Å². The SMILES string of the molecule is C[C@H](NS(=O)(=O)c1ccccc1F)C(=O)N1CC=C(c2c[nH]c3ncccc23)CC1. The zero-order chi connectivity index (χ0) is 21.3. The highest BCUT2D eigenvalue weighted by atomic mass is 32.2. The molecule has 0 aliphatic carbocycles. The number of nitrogens with one attached hydrogen (secondary N) is 2. The van der Waals surface area contributed by atoms with Crippen molar-refractivity contribution in [1.82, 2.24) is 19.6 Å². The smallest absolute Gasteiger partial charge is 0.244 e. The summed E-state index contributed by atoms with van der Waals surface area (Å²) in [6.45, 7) is 2.29. The molecule has 4 rings (SSSR count). The first-order chi connectivity index (χ1) is 14.4. The number of sulfonamides is 1. The third-order valence-corrected chi connectivity index (χ3v) is 6.72. The van der Waals surface area contributed by atoms with Crippen LogP contribution in [-0.4, -0.2) is 48.3 Å². The summed E-state index contributed by atoms with van der Waals surface area (Å²) in [5.41, 5.74) is 2.97. The van der Waals surface area contributed by atoms with Crippen molar-refractivity contribution >= 4 is 32.5 Å². The average Bonchev–Trinajstić information content (AvgIpc) is 3.17. The van der Waals surface area contributed by atoms with Crippen molar-refractivity contribution in [3.63, 3.8) is 0 Å². The van der Waals surface area contributed by atoms with E-state index in [2.05, 4.69) is 14.7 Å². The number of H-pyrrole nitrogens is 1. The normalized spacial score (nSPS) is 15.8. The number of rotatable bonds is 5. The summed E-state index contributed by atoms with van der Waals surface area (Å²) in [5.74, 6) is -1.21. The molecular formula is C21H21FN4O3S. The maximum Gasteiger partial charge on any atom is 0.244 e. The lowest BCUT2D eigenvalue weighted by Crippen LogP contribution is -2.48. The van der Waals surface area contributed by atoms with Crippen LogP contribution in [0.25, 0.3) is 16.6 Å². The minimum Gasteiger partial charge on any atom is -0.346 e. The van der Waals surface area contributed by atoms with Gasteiger partial charge >= 0.3 is 0 Å². The maximum absolute atomic E-state index is 13.9. The van der Waals surface area contributed by atoms with Crippen molar-refractivity contribution in [2.45, 2.75) is 24.3 Å². The third kappa shape index (κ3) is 3.86. The molecular weight excluding hydrogens is 407 g/mol. The summed E-state index contributed by atoms with van der Waals surface area (Å²) in [7, 11) is -4.14. The van der Waals surface area contributed by atoms with Gasteiger partial charge in [-0.15, -0.1) is 0 Å². The Morgan fingerprint density at radius 3 is 2.80 bits per heavy atom. The molecule has 0 spiro atoms. The van der Waals surface area contributed by atoms with E-state index in [0.717, 1.165) is 28.2 Å². The second-order valence-corrected chi connectivity index (χ2v) is 8.82. The molecule has 1 amide bonds. The molecule has 1 aromatic carbocycles. The van der Waals surface area contributed by atoms with Crippen molar-refractivity contribution in [3.8, 4) is 0 Å². The summed E-state index contributed by atoms with van der Waals surface area (Å²) in [6.07, 6.45) is 6.24. The molecule has 0 saturated carbocycles. The molecule has 2 N–H and O–H groups in total. The average molecular weight is 428 g/mol. The molecule has 3 aromatic rings. The molecule has 0 unspecified atom stereocenters. The fourth-order valence-electron chi connectivity index (χ4n) is 3.62. The van der Waals surface area contributed by atoms with Crippen LogP contribution in [0.4, 0.5) is 4.39 Å². The number of hydrogen-bond acceptors (Lipinski definition) is 4. The van der Waals surface area contributed by atoms with Crippen LogP contribution in [0.3, 0.4) is 0 Å². The Kier molecular flexibility index (Phi) is 5.40. The molecule has 1 aliphatic rings. The molecule has 0 saturated heterocycles. The van der Waals surface area contributed by atoms with Crippen molar-refractivity contribution in [2.24, 2.45) is 0 Å². The number of pyridine rings is 1. The number of carbonyl (C=O) groups is 1. The molecule has 9 heteroatoms. The largest absolute Gasteiger partial charge is 0.346 e. The molecule has 1 aliphatic heterocycles. The summed E-state index contributed by atoms with van der Waals surface area (Å²) in [4.78, 5) is 21.3. The Bertz CT molecular complexity index is 1240. The summed E-state index contributed by atoms with van der Waals surface area (Å²) >= 11 is 0. The second-order valence-electron chi connectivity index (χ2n) is 7.14. The van der Waals surface area contributed by atoms with Gasteiger partial charge in [-0.05, 0) is 43.2 Å². The molecule has 7 nitrogen and oxygen atoms in total. The van der Waals surface area contributed by atoms with E-state index in [1.165, 1.54) is 25.1 Å². The summed E-state index contributed by atoms with van der Waals surface area (Å²) < 4.78 is 41.0. The first-order valence-corrected chi connectivity index (χ1v) is 11.0. The lowest BCUT2D eigenvalue weighted by molar-refractivity contribution is -0.132. The van der Waals surface area contributed by atoms with Gasteiger partial charge in [-0.1, -0.05) is 18.2 Å². The fourth-order valence-corrected chi connectivity index (χ4v) is 4.89. The first-order valence-electron chi connectivity index (χ1n) is 9.54. The zero-order valence-electron chi connectivity index (χ0n) is 16.3. The monoisotopic (exact) mass is 428 g/mol. The lowest BCUT2D eigenvalue weighted by Gasteiger charge is -2.29. The Labute approximate surface area is 173 Å². The van der Waals surface area contributed by atoms with Gasteiger partial charge in [0.25, 0.3) is 0 Å². The van der Waals surface area contributed by atoms with E-state index in [1.54, 1.807) is 11.1 Å². The Morgan fingerprint density at radius 2 is 2.07 bits per heavy atom. The number of fused-ring (bicyclic) bond motifs is 1. The lowest BCUT2D eigenvalue weighted by atomic mass is 9.99. The van der Waals surface area contributed by atoms with Gasteiger partial charge in [0.15, 0.2) is 0 Å². The van der Waals surface area contributed by atoms with E-state index in [-0.39, 0.29) is 5.91 Å². The summed E-state index contributed by atoms with van der Waals surface area (Å²) in [5, 5.41) is 1.02. The van der Waals surface area contributed by atoms with Gasteiger partial charge in [0.2, 0.25) is 15.9 Å². The number of carbonyl (C=O) groups excluding carboxylic acids is 1. The van der Waals surface area contributed by atoms with E-state index in [0.29, 0.717) is 19.5 Å². The zero-order valence-corrected chi connectivity index (χ0v) is 17.1. The quantitative estimate of drug-likeness (QED) is 0.653. The van der Waals surface area contributed by atoms with Crippen molar-refractivity contribution < 1.29 is 17.6 Å². The topological polar surface area (TPSA) is 95.2 Å². The van der Waals surface area contributed by atoms with Gasteiger partial charge in [0.05, 0.1) is 6.04 Å². The highest BCUT2D eigenvalue weighted by Crippen LogP contribution is 2.28. The molecule has 0 bridgehead atoms. The van der Waals surface area contributed by atoms with E-state index < -0.39 is 26.8 Å². The van der Waals surface area contributed by atoms with Crippen LogP contribution in [0.2, 0.25) is 0 Å². The Hall–Kier alpha value is -3.04. The van der Waals surface area contributed by atoms with E-state index in [4.69, 9.17) is 0 Å².